The minimum atomic E-state index is -4.01. The van der Waals surface area contributed by atoms with Crippen molar-refractivity contribution in [1.29, 1.82) is 0 Å². The van der Waals surface area contributed by atoms with Crippen LogP contribution in [-0.4, -0.2) is 27.6 Å². The number of nitrogens with one attached hydrogen (secondary N) is 1. The van der Waals surface area contributed by atoms with E-state index in [1.165, 1.54) is 26.3 Å². The molecule has 0 amide bonds. The summed E-state index contributed by atoms with van der Waals surface area (Å²) < 4.78 is 45.4. The summed E-state index contributed by atoms with van der Waals surface area (Å²) in [4.78, 5) is 2.62. The number of halogens is 1. The van der Waals surface area contributed by atoms with E-state index in [1.807, 2.05) is 6.07 Å². The molecule has 1 heterocycles. The Morgan fingerprint density at radius 3 is 2.61 bits per heavy atom. The first-order valence-corrected chi connectivity index (χ1v) is 8.27. The highest BCUT2D eigenvalue weighted by molar-refractivity contribution is 7.92. The van der Waals surface area contributed by atoms with E-state index in [2.05, 4.69) is 4.98 Å². The van der Waals surface area contributed by atoms with E-state index >= 15 is 0 Å². The molecule has 120 valence electrons. The Morgan fingerprint density at radius 1 is 1.13 bits per heavy atom. The zero-order valence-electron chi connectivity index (χ0n) is 12.6. The predicted octanol–water partition coefficient (Wildman–Crippen LogP) is 3.14. The van der Waals surface area contributed by atoms with Crippen molar-refractivity contribution < 1.29 is 17.5 Å². The van der Waals surface area contributed by atoms with Crippen molar-refractivity contribution in [3.63, 3.8) is 0 Å². The topological polar surface area (TPSA) is 62.4 Å². The van der Waals surface area contributed by atoms with E-state index in [1.54, 1.807) is 24.4 Å². The number of anilines is 1. The molecular formula is C16H15FN2O3S. The Labute approximate surface area is 133 Å². The van der Waals surface area contributed by atoms with Crippen molar-refractivity contribution >= 4 is 26.6 Å². The van der Waals surface area contributed by atoms with E-state index in [-0.39, 0.29) is 5.75 Å². The number of hydrogen-bond acceptors (Lipinski definition) is 3. The van der Waals surface area contributed by atoms with Gasteiger partial charge < -0.3 is 9.72 Å². The first-order valence-electron chi connectivity index (χ1n) is 6.83. The molecule has 1 N–H and O–H groups in total. The van der Waals surface area contributed by atoms with Gasteiger partial charge in [-0.1, -0.05) is 6.07 Å². The molecule has 23 heavy (non-hydrogen) atoms. The number of aromatic nitrogens is 1. The van der Waals surface area contributed by atoms with Crippen LogP contribution in [0.5, 0.6) is 5.75 Å². The monoisotopic (exact) mass is 334 g/mol. The summed E-state index contributed by atoms with van der Waals surface area (Å²) in [6.07, 6.45) is 1.77. The molecule has 0 unspecified atom stereocenters. The summed E-state index contributed by atoms with van der Waals surface area (Å²) in [5, 5.41) is 0.968. The van der Waals surface area contributed by atoms with Crippen molar-refractivity contribution in [3.05, 3.63) is 54.5 Å². The molecule has 5 nitrogen and oxygen atoms in total. The maximum atomic E-state index is 14.1. The van der Waals surface area contributed by atoms with Gasteiger partial charge in [-0.25, -0.2) is 12.8 Å². The lowest BCUT2D eigenvalue weighted by atomic mass is 10.2. The van der Waals surface area contributed by atoms with Gasteiger partial charge in [0, 0.05) is 24.8 Å². The second-order valence-electron chi connectivity index (χ2n) is 5.02. The number of nitrogens with zero attached hydrogens (tertiary/aromatic N) is 1. The Bertz CT molecular complexity index is 966. The van der Waals surface area contributed by atoms with Gasteiger partial charge >= 0.3 is 0 Å². The van der Waals surface area contributed by atoms with Crippen LogP contribution in [0.25, 0.3) is 10.9 Å². The fourth-order valence-corrected chi connectivity index (χ4v) is 3.57. The second-order valence-corrected chi connectivity index (χ2v) is 6.96. The molecule has 0 saturated carbocycles. The third-order valence-corrected chi connectivity index (χ3v) is 5.50. The fraction of sp³-hybridized carbons (Fsp3) is 0.125. The van der Waals surface area contributed by atoms with Gasteiger partial charge in [-0.3, -0.25) is 4.31 Å². The van der Waals surface area contributed by atoms with Crippen LogP contribution in [0.4, 0.5) is 10.1 Å². The Kier molecular flexibility index (Phi) is 3.73. The molecule has 0 bridgehead atoms. The van der Waals surface area contributed by atoms with Gasteiger partial charge in [0.2, 0.25) is 0 Å². The zero-order chi connectivity index (χ0) is 16.6. The molecular weight excluding hydrogens is 319 g/mol. The third kappa shape index (κ3) is 2.63. The van der Waals surface area contributed by atoms with Crippen LogP contribution in [-0.2, 0) is 10.0 Å². The molecule has 2 aromatic carbocycles. The first-order chi connectivity index (χ1) is 10.9. The van der Waals surface area contributed by atoms with Gasteiger partial charge in [-0.15, -0.1) is 0 Å². The van der Waals surface area contributed by atoms with Gasteiger partial charge in [0.15, 0.2) is 0 Å². The van der Waals surface area contributed by atoms with Crippen molar-refractivity contribution in [2.45, 2.75) is 4.90 Å². The predicted molar refractivity (Wildman–Crippen MR) is 86.8 cm³/mol. The molecule has 3 aromatic rings. The van der Waals surface area contributed by atoms with Crippen LogP contribution in [0.3, 0.4) is 0 Å². The Balaban J connectivity index is 2.04. The molecule has 7 heteroatoms. The number of hydrogen-bond donors (Lipinski definition) is 1. The number of fused-ring (bicyclic) bond motifs is 1. The van der Waals surface area contributed by atoms with Gasteiger partial charge in [-0.05, 0) is 35.7 Å². The van der Waals surface area contributed by atoms with Crippen molar-refractivity contribution in [2.24, 2.45) is 0 Å². The average molecular weight is 334 g/mol. The second kappa shape index (κ2) is 5.58. The molecule has 0 aliphatic rings. The van der Waals surface area contributed by atoms with Crippen molar-refractivity contribution in [3.8, 4) is 5.75 Å². The fourth-order valence-electron chi connectivity index (χ4n) is 2.34. The number of H-pyrrole nitrogens is 1. The quantitative estimate of drug-likeness (QED) is 0.797. The van der Waals surface area contributed by atoms with Crippen LogP contribution < -0.4 is 9.04 Å². The van der Waals surface area contributed by atoms with E-state index in [0.29, 0.717) is 5.69 Å². The first kappa shape index (κ1) is 15.4. The standard InChI is InChI=1S/C16H15FN2O3S/c1-19(12-4-3-11-7-8-18-15(11)9-12)23(20,21)16-6-5-13(22-2)10-14(16)17/h3-10,18H,1-2H3. The summed E-state index contributed by atoms with van der Waals surface area (Å²) in [6, 6.07) is 10.7. The Morgan fingerprint density at radius 2 is 1.91 bits per heavy atom. The number of ether oxygens (including phenoxy) is 1. The number of aromatic amines is 1. The van der Waals surface area contributed by atoms with Crippen LogP contribution in [0.15, 0.2) is 53.6 Å². The smallest absolute Gasteiger partial charge is 0.266 e. The SMILES string of the molecule is COc1ccc(S(=O)(=O)N(C)c2ccc3cc[nH]c3c2)c(F)c1. The summed E-state index contributed by atoms with van der Waals surface area (Å²) in [5.41, 5.74) is 1.25. The molecule has 0 atom stereocenters. The normalized spacial score (nSPS) is 11.6. The van der Waals surface area contributed by atoms with Gasteiger partial charge in [0.1, 0.15) is 16.5 Å². The lowest BCUT2D eigenvalue weighted by molar-refractivity contribution is 0.409. The molecule has 0 saturated heterocycles. The zero-order valence-corrected chi connectivity index (χ0v) is 13.4. The van der Waals surface area contributed by atoms with Crippen LogP contribution in [0.2, 0.25) is 0 Å². The van der Waals surface area contributed by atoms with Crippen molar-refractivity contribution in [2.75, 3.05) is 18.5 Å². The molecule has 1 aromatic heterocycles. The van der Waals surface area contributed by atoms with E-state index in [4.69, 9.17) is 4.74 Å². The summed E-state index contributed by atoms with van der Waals surface area (Å²) in [6.45, 7) is 0. The summed E-state index contributed by atoms with van der Waals surface area (Å²) in [7, 11) is -1.23. The highest BCUT2D eigenvalue weighted by Gasteiger charge is 2.25. The molecule has 0 radical (unpaired) electrons. The van der Waals surface area contributed by atoms with Gasteiger partial charge in [0.25, 0.3) is 10.0 Å². The van der Waals surface area contributed by atoms with E-state index < -0.39 is 20.7 Å². The average Bonchev–Trinajstić information content (AvgIpc) is 3.01. The molecule has 0 aliphatic carbocycles. The lowest BCUT2D eigenvalue weighted by Crippen LogP contribution is -2.27. The largest absolute Gasteiger partial charge is 0.497 e. The summed E-state index contributed by atoms with van der Waals surface area (Å²) in [5.74, 6) is -0.589. The highest BCUT2D eigenvalue weighted by Crippen LogP contribution is 2.28. The van der Waals surface area contributed by atoms with E-state index in [0.717, 1.165) is 21.3 Å². The highest BCUT2D eigenvalue weighted by atomic mass is 32.2. The third-order valence-electron chi connectivity index (χ3n) is 3.68. The van der Waals surface area contributed by atoms with Gasteiger partial charge in [0.05, 0.1) is 12.8 Å². The van der Waals surface area contributed by atoms with Gasteiger partial charge in [-0.2, -0.15) is 0 Å². The van der Waals surface area contributed by atoms with Crippen molar-refractivity contribution in [1.82, 2.24) is 4.98 Å². The van der Waals surface area contributed by atoms with Crippen LogP contribution in [0, 0.1) is 5.82 Å². The van der Waals surface area contributed by atoms with Crippen LogP contribution in [0.1, 0.15) is 0 Å². The number of benzene rings is 2. The molecule has 0 fully saturated rings. The molecule has 3 rings (SSSR count). The number of methoxy groups -OCH3 is 1. The number of sulfonamides is 1. The maximum Gasteiger partial charge on any atom is 0.266 e. The van der Waals surface area contributed by atoms with E-state index in [9.17, 15) is 12.8 Å². The Hall–Kier alpha value is -2.54. The lowest BCUT2D eigenvalue weighted by Gasteiger charge is -2.20. The minimum Gasteiger partial charge on any atom is -0.497 e. The molecule has 0 spiro atoms. The summed E-state index contributed by atoms with van der Waals surface area (Å²) >= 11 is 0. The maximum absolute atomic E-state index is 14.1. The minimum absolute atomic E-state index is 0.261. The molecule has 0 aliphatic heterocycles. The number of rotatable bonds is 4. The van der Waals surface area contributed by atoms with Crippen LogP contribution >= 0.6 is 0 Å².